The second kappa shape index (κ2) is 6.70. The molecule has 0 atom stereocenters. The molecule has 0 saturated carbocycles. The van der Waals surface area contributed by atoms with Crippen LogP contribution in [-0.2, 0) is 25.9 Å². The number of benzene rings is 1. The number of aryl methyl sites for hydroxylation is 1. The monoisotopic (exact) mass is 219 g/mol. The van der Waals surface area contributed by atoms with E-state index in [0.717, 1.165) is 12.0 Å². The summed E-state index contributed by atoms with van der Waals surface area (Å²) >= 11 is 0. The van der Waals surface area contributed by atoms with Crippen LogP contribution in [0.1, 0.15) is 18.1 Å². The Hall–Kier alpha value is 0.00338. The molecule has 0 aliphatic heterocycles. The molecule has 0 unspecified atom stereocenters. The van der Waals surface area contributed by atoms with E-state index in [1.807, 2.05) is 12.1 Å². The van der Waals surface area contributed by atoms with E-state index in [1.54, 1.807) is 0 Å². The van der Waals surface area contributed by atoms with Gasteiger partial charge < -0.3 is 0 Å². The SMILES string of the molecule is Cl.[CH2-]c1ccc(CC)cc1.[Zn]. The maximum Gasteiger partial charge on any atom is 0 e. The van der Waals surface area contributed by atoms with Gasteiger partial charge in [0, 0.05) is 19.5 Å². The van der Waals surface area contributed by atoms with Crippen molar-refractivity contribution >= 4 is 12.4 Å². The van der Waals surface area contributed by atoms with Gasteiger partial charge in [0.25, 0.3) is 0 Å². The summed E-state index contributed by atoms with van der Waals surface area (Å²) in [6, 6.07) is 8.31. The van der Waals surface area contributed by atoms with Gasteiger partial charge in [-0.05, 0) is 6.42 Å². The van der Waals surface area contributed by atoms with Crippen molar-refractivity contribution in [3.05, 3.63) is 42.3 Å². The van der Waals surface area contributed by atoms with E-state index >= 15 is 0 Å². The minimum absolute atomic E-state index is 0. The van der Waals surface area contributed by atoms with Crippen LogP contribution < -0.4 is 0 Å². The zero-order valence-corrected chi connectivity index (χ0v) is 10.6. The van der Waals surface area contributed by atoms with Crippen LogP contribution in [0.15, 0.2) is 24.3 Å². The minimum Gasteiger partial charge on any atom is -0.199 e. The van der Waals surface area contributed by atoms with E-state index in [9.17, 15) is 0 Å². The molecule has 0 bridgehead atoms. The number of hydrogen-bond acceptors (Lipinski definition) is 0. The summed E-state index contributed by atoms with van der Waals surface area (Å²) in [6.45, 7) is 5.95. The third-order valence-corrected chi connectivity index (χ3v) is 1.43. The van der Waals surface area contributed by atoms with Crippen LogP contribution in [0.5, 0.6) is 0 Å². The van der Waals surface area contributed by atoms with Crippen LogP contribution in [0.4, 0.5) is 0 Å². The Morgan fingerprint density at radius 2 is 1.64 bits per heavy atom. The van der Waals surface area contributed by atoms with Crippen molar-refractivity contribution in [1.82, 2.24) is 0 Å². The summed E-state index contributed by atoms with van der Waals surface area (Å²) in [7, 11) is 0. The molecule has 0 aromatic heterocycles. The van der Waals surface area contributed by atoms with Gasteiger partial charge in [-0.25, -0.2) is 0 Å². The van der Waals surface area contributed by atoms with Crippen molar-refractivity contribution in [2.24, 2.45) is 0 Å². The summed E-state index contributed by atoms with van der Waals surface area (Å²) in [5.41, 5.74) is 2.47. The summed E-state index contributed by atoms with van der Waals surface area (Å²) < 4.78 is 0. The predicted octanol–water partition coefficient (Wildman–Crippen LogP) is 2.85. The van der Waals surface area contributed by atoms with Crippen LogP contribution in [0.2, 0.25) is 0 Å². The number of rotatable bonds is 1. The van der Waals surface area contributed by atoms with Gasteiger partial charge in [-0.1, -0.05) is 12.5 Å². The predicted molar refractivity (Wildman–Crippen MR) is 47.5 cm³/mol. The van der Waals surface area contributed by atoms with Gasteiger partial charge in [0.15, 0.2) is 0 Å². The maximum absolute atomic E-state index is 3.80. The second-order valence-corrected chi connectivity index (χ2v) is 2.17. The van der Waals surface area contributed by atoms with Crippen LogP contribution in [0.3, 0.4) is 0 Å². The van der Waals surface area contributed by atoms with Crippen LogP contribution >= 0.6 is 12.4 Å². The van der Waals surface area contributed by atoms with Crippen LogP contribution in [0.25, 0.3) is 0 Å². The van der Waals surface area contributed by atoms with Gasteiger partial charge in [0.2, 0.25) is 0 Å². The molecule has 0 aliphatic carbocycles. The zero-order chi connectivity index (χ0) is 6.69. The van der Waals surface area contributed by atoms with Gasteiger partial charge in [0.05, 0.1) is 0 Å². The third kappa shape index (κ3) is 4.45. The fourth-order valence-corrected chi connectivity index (χ4v) is 0.775. The average molecular weight is 221 g/mol. The average Bonchev–Trinajstić information content (AvgIpc) is 1.90. The third-order valence-electron chi connectivity index (χ3n) is 1.43. The molecule has 0 N–H and O–H groups in total. The molecular formula is C9H12ClZn-. The minimum atomic E-state index is 0. The van der Waals surface area contributed by atoms with E-state index in [4.69, 9.17) is 0 Å². The summed E-state index contributed by atoms with van der Waals surface area (Å²) in [5.74, 6) is 0. The second-order valence-electron chi connectivity index (χ2n) is 2.17. The summed E-state index contributed by atoms with van der Waals surface area (Å²) in [6.07, 6.45) is 1.11. The van der Waals surface area contributed by atoms with Crippen molar-refractivity contribution in [2.75, 3.05) is 0 Å². The molecule has 0 spiro atoms. The molecule has 1 aromatic rings. The molecule has 0 fully saturated rings. The Labute approximate surface area is 87.6 Å². The van der Waals surface area contributed by atoms with Crippen molar-refractivity contribution in [3.63, 3.8) is 0 Å². The molecule has 1 rings (SSSR count). The molecule has 11 heavy (non-hydrogen) atoms. The van der Waals surface area contributed by atoms with E-state index in [0.29, 0.717) is 0 Å². The molecular weight excluding hydrogens is 209 g/mol. The molecule has 58 valence electrons. The normalized spacial score (nSPS) is 7.73. The standard InChI is InChI=1S/C9H11.ClH.Zn/c1-3-9-6-4-8(2)5-7-9;;/h4-7H,2-3H2,1H3;1H;/q-1;;. The Morgan fingerprint density at radius 3 is 2.00 bits per heavy atom. The van der Waals surface area contributed by atoms with Crippen LogP contribution in [0, 0.1) is 6.92 Å². The van der Waals surface area contributed by atoms with E-state index in [2.05, 4.69) is 26.0 Å². The Kier molecular flexibility index (Phi) is 8.27. The molecule has 2 heteroatoms. The first-order chi connectivity index (χ1) is 4.33. The molecule has 0 radical (unpaired) electrons. The van der Waals surface area contributed by atoms with E-state index in [-0.39, 0.29) is 31.9 Å². The first kappa shape index (κ1) is 13.6. The quantitative estimate of drug-likeness (QED) is 0.505. The van der Waals surface area contributed by atoms with Crippen molar-refractivity contribution in [1.29, 1.82) is 0 Å². The molecule has 0 nitrogen and oxygen atoms in total. The maximum atomic E-state index is 3.80. The first-order valence-corrected chi connectivity index (χ1v) is 3.24. The fourth-order valence-electron chi connectivity index (χ4n) is 0.775. The Morgan fingerprint density at radius 1 is 1.18 bits per heavy atom. The molecule has 0 saturated heterocycles. The van der Waals surface area contributed by atoms with Crippen molar-refractivity contribution < 1.29 is 19.5 Å². The first-order valence-electron chi connectivity index (χ1n) is 3.24. The van der Waals surface area contributed by atoms with Crippen LogP contribution in [-0.4, -0.2) is 0 Å². The van der Waals surface area contributed by atoms with Gasteiger partial charge in [-0.2, -0.15) is 24.6 Å². The molecule has 1 aromatic carbocycles. The number of halogens is 1. The summed E-state index contributed by atoms with van der Waals surface area (Å²) in [4.78, 5) is 0. The Bertz CT molecular complexity index is 181. The zero-order valence-electron chi connectivity index (χ0n) is 6.84. The fraction of sp³-hybridized carbons (Fsp3) is 0.222. The van der Waals surface area contributed by atoms with Crippen molar-refractivity contribution in [2.45, 2.75) is 13.3 Å². The van der Waals surface area contributed by atoms with Gasteiger partial charge in [0.1, 0.15) is 0 Å². The smallest absolute Gasteiger partial charge is 0 e. The van der Waals surface area contributed by atoms with Gasteiger partial charge >= 0.3 is 0 Å². The van der Waals surface area contributed by atoms with E-state index < -0.39 is 0 Å². The molecule has 0 amide bonds. The summed E-state index contributed by atoms with van der Waals surface area (Å²) in [5, 5.41) is 0. The largest absolute Gasteiger partial charge is 0.199 e. The number of hydrogen-bond donors (Lipinski definition) is 0. The topological polar surface area (TPSA) is 0 Å². The van der Waals surface area contributed by atoms with Crippen molar-refractivity contribution in [3.8, 4) is 0 Å². The Balaban J connectivity index is 0. The van der Waals surface area contributed by atoms with E-state index in [1.165, 1.54) is 5.56 Å². The molecule has 0 aliphatic rings. The molecule has 0 heterocycles. The van der Waals surface area contributed by atoms with Gasteiger partial charge in [-0.15, -0.1) is 24.5 Å². The van der Waals surface area contributed by atoms with Gasteiger partial charge in [-0.3, -0.25) is 0 Å².